The molecule has 1 heterocycles. The number of amidine groups is 1. The van der Waals surface area contributed by atoms with Gasteiger partial charge in [-0.05, 0) is 30.0 Å². The van der Waals surface area contributed by atoms with Crippen molar-refractivity contribution in [1.29, 1.82) is 0 Å². The third kappa shape index (κ3) is 4.36. The summed E-state index contributed by atoms with van der Waals surface area (Å²) >= 11 is 0. The molecule has 1 atom stereocenters. The predicted molar refractivity (Wildman–Crippen MR) is 105 cm³/mol. The Morgan fingerprint density at radius 1 is 1.07 bits per heavy atom. The molecule has 0 bridgehead atoms. The highest BCUT2D eigenvalue weighted by Crippen LogP contribution is 2.23. The van der Waals surface area contributed by atoms with Crippen LogP contribution in [0.5, 0.6) is 0 Å². The fourth-order valence-electron chi connectivity index (χ4n) is 2.96. The summed E-state index contributed by atoms with van der Waals surface area (Å²) in [5, 5.41) is 2.91. The summed E-state index contributed by atoms with van der Waals surface area (Å²) < 4.78 is 26.9. The molecule has 3 rings (SSSR count). The Balaban J connectivity index is 1.74. The molecule has 2 aromatic rings. The molecule has 2 aromatic carbocycles. The van der Waals surface area contributed by atoms with Crippen LogP contribution in [0.1, 0.15) is 25.0 Å². The first-order valence-corrected chi connectivity index (χ1v) is 10.4. The Labute approximate surface area is 159 Å². The molecule has 2 N–H and O–H groups in total. The first-order chi connectivity index (χ1) is 12.9. The Kier molecular flexibility index (Phi) is 5.60. The second kappa shape index (κ2) is 7.92. The lowest BCUT2D eigenvalue weighted by Gasteiger charge is -2.17. The number of amides is 1. The minimum absolute atomic E-state index is 0.0773. The van der Waals surface area contributed by atoms with Gasteiger partial charge >= 0.3 is 0 Å². The van der Waals surface area contributed by atoms with E-state index in [1.54, 1.807) is 18.2 Å². The van der Waals surface area contributed by atoms with E-state index < -0.39 is 16.1 Å². The third-order valence-corrected chi connectivity index (χ3v) is 5.78. The van der Waals surface area contributed by atoms with E-state index in [2.05, 4.69) is 15.0 Å². The summed E-state index contributed by atoms with van der Waals surface area (Å²) in [6.07, 6.45) is 0.726. The van der Waals surface area contributed by atoms with Crippen molar-refractivity contribution in [1.82, 2.24) is 10.0 Å². The molecule has 6 nitrogen and oxygen atoms in total. The topological polar surface area (TPSA) is 87.6 Å². The van der Waals surface area contributed by atoms with Gasteiger partial charge in [-0.2, -0.15) is 0 Å². The Morgan fingerprint density at radius 2 is 1.74 bits per heavy atom. The first-order valence-electron chi connectivity index (χ1n) is 8.90. The van der Waals surface area contributed by atoms with Crippen LogP contribution in [0.25, 0.3) is 0 Å². The van der Waals surface area contributed by atoms with Gasteiger partial charge in [0.25, 0.3) is 10.0 Å². The normalized spacial score (nSPS) is 17.4. The number of carbonyl (C=O) groups excluding carboxylic acids is 1. The average molecular weight is 385 g/mol. The Hall–Kier alpha value is -2.67. The van der Waals surface area contributed by atoms with E-state index >= 15 is 0 Å². The van der Waals surface area contributed by atoms with Crippen molar-refractivity contribution < 1.29 is 13.2 Å². The highest BCUT2D eigenvalue weighted by molar-refractivity contribution is 7.90. The van der Waals surface area contributed by atoms with Crippen LogP contribution in [0.15, 0.2) is 64.5 Å². The quantitative estimate of drug-likeness (QED) is 0.798. The minimum Gasteiger partial charge on any atom is -0.354 e. The average Bonchev–Trinajstić information content (AvgIpc) is 2.91. The van der Waals surface area contributed by atoms with Crippen LogP contribution in [-0.4, -0.2) is 32.7 Å². The second-order valence-corrected chi connectivity index (χ2v) is 8.45. The van der Waals surface area contributed by atoms with Gasteiger partial charge in [-0.15, -0.1) is 0 Å². The number of hydrogen-bond donors (Lipinski definition) is 2. The highest BCUT2D eigenvalue weighted by atomic mass is 32.2. The van der Waals surface area contributed by atoms with Crippen molar-refractivity contribution in [3.8, 4) is 0 Å². The van der Waals surface area contributed by atoms with Crippen molar-refractivity contribution >= 4 is 21.8 Å². The smallest absolute Gasteiger partial charge is 0.263 e. The zero-order valence-corrected chi connectivity index (χ0v) is 16.2. The minimum atomic E-state index is -3.62. The fourth-order valence-corrected chi connectivity index (χ4v) is 4.20. The SMILES string of the molecule is CC(C)[C@@H](N=C1NS(=O)(=O)c2ccccc21)C(=O)NCCc1ccccc1. The number of fused-ring (bicyclic) bond motifs is 1. The van der Waals surface area contributed by atoms with Crippen LogP contribution in [-0.2, 0) is 21.2 Å². The van der Waals surface area contributed by atoms with Crippen molar-refractivity contribution in [3.63, 3.8) is 0 Å². The molecule has 1 amide bonds. The molecule has 0 spiro atoms. The number of benzene rings is 2. The Bertz CT molecular complexity index is 953. The largest absolute Gasteiger partial charge is 0.354 e. The molecule has 0 fully saturated rings. The molecule has 27 heavy (non-hydrogen) atoms. The standard InChI is InChI=1S/C20H23N3O3S/c1-14(2)18(20(24)21-13-12-15-8-4-3-5-9-15)22-19-16-10-6-7-11-17(16)27(25,26)23-19/h3-11,14,18H,12-13H2,1-2H3,(H,21,24)(H,22,23)/t18-/m1/s1. The number of hydrogen-bond acceptors (Lipinski definition) is 4. The van der Waals surface area contributed by atoms with Crippen LogP contribution in [0.4, 0.5) is 0 Å². The first kappa shape index (κ1) is 19.1. The monoisotopic (exact) mass is 385 g/mol. The van der Waals surface area contributed by atoms with Gasteiger partial charge in [0.2, 0.25) is 5.91 Å². The van der Waals surface area contributed by atoms with Gasteiger partial charge in [0.15, 0.2) is 0 Å². The molecule has 142 valence electrons. The number of sulfonamides is 1. The molecule has 0 saturated carbocycles. The zero-order valence-electron chi connectivity index (χ0n) is 15.3. The summed E-state index contributed by atoms with van der Waals surface area (Å²) in [6, 6.07) is 15.9. The van der Waals surface area contributed by atoms with Gasteiger partial charge in [-0.3, -0.25) is 14.5 Å². The second-order valence-electron chi connectivity index (χ2n) is 6.79. The van der Waals surface area contributed by atoms with Crippen molar-refractivity contribution in [2.24, 2.45) is 10.9 Å². The van der Waals surface area contributed by atoms with E-state index in [0.717, 1.165) is 12.0 Å². The molecule has 0 aliphatic carbocycles. The van der Waals surface area contributed by atoms with E-state index in [1.165, 1.54) is 6.07 Å². The van der Waals surface area contributed by atoms with Crippen molar-refractivity contribution in [2.75, 3.05) is 6.54 Å². The zero-order chi connectivity index (χ0) is 19.4. The van der Waals surface area contributed by atoms with E-state index in [9.17, 15) is 13.2 Å². The fraction of sp³-hybridized carbons (Fsp3) is 0.300. The molecule has 0 radical (unpaired) electrons. The van der Waals surface area contributed by atoms with Gasteiger partial charge in [0.1, 0.15) is 11.9 Å². The lowest BCUT2D eigenvalue weighted by atomic mass is 10.0. The van der Waals surface area contributed by atoms with Crippen molar-refractivity contribution in [3.05, 3.63) is 65.7 Å². The maximum Gasteiger partial charge on any atom is 0.263 e. The summed E-state index contributed by atoms with van der Waals surface area (Å²) in [4.78, 5) is 17.3. The van der Waals surface area contributed by atoms with E-state index in [-0.39, 0.29) is 22.6 Å². The number of nitrogens with zero attached hydrogens (tertiary/aromatic N) is 1. The summed E-state index contributed by atoms with van der Waals surface area (Å²) in [6.45, 7) is 4.28. The lowest BCUT2D eigenvalue weighted by Crippen LogP contribution is -2.39. The lowest BCUT2D eigenvalue weighted by molar-refractivity contribution is -0.123. The Morgan fingerprint density at radius 3 is 2.44 bits per heavy atom. The van der Waals surface area contributed by atoms with E-state index in [1.807, 2.05) is 44.2 Å². The number of nitrogens with one attached hydrogen (secondary N) is 2. The summed E-state index contributed by atoms with van der Waals surface area (Å²) in [5.41, 5.74) is 1.64. The number of carbonyl (C=O) groups is 1. The third-order valence-electron chi connectivity index (χ3n) is 4.39. The number of rotatable bonds is 6. The maximum atomic E-state index is 12.6. The summed E-state index contributed by atoms with van der Waals surface area (Å²) in [5.74, 6) is -0.0639. The van der Waals surface area contributed by atoms with Crippen LogP contribution in [0.2, 0.25) is 0 Å². The maximum absolute atomic E-state index is 12.6. The van der Waals surface area contributed by atoms with Gasteiger partial charge in [0, 0.05) is 12.1 Å². The van der Waals surface area contributed by atoms with E-state index in [4.69, 9.17) is 0 Å². The van der Waals surface area contributed by atoms with Crippen LogP contribution < -0.4 is 10.0 Å². The molecular weight excluding hydrogens is 362 g/mol. The molecule has 0 saturated heterocycles. The van der Waals surface area contributed by atoms with E-state index in [0.29, 0.717) is 12.1 Å². The predicted octanol–water partition coefficient (Wildman–Crippen LogP) is 2.11. The molecule has 7 heteroatoms. The summed E-state index contributed by atoms with van der Waals surface area (Å²) in [7, 11) is -3.62. The number of aliphatic imine (C=N–C) groups is 1. The molecule has 1 aliphatic rings. The van der Waals surface area contributed by atoms with Gasteiger partial charge in [-0.1, -0.05) is 56.3 Å². The molecular formula is C20H23N3O3S. The van der Waals surface area contributed by atoms with Crippen LogP contribution in [0.3, 0.4) is 0 Å². The van der Waals surface area contributed by atoms with Gasteiger partial charge in [0.05, 0.1) is 4.90 Å². The highest BCUT2D eigenvalue weighted by Gasteiger charge is 2.32. The molecule has 0 unspecified atom stereocenters. The van der Waals surface area contributed by atoms with Crippen LogP contribution in [0, 0.1) is 5.92 Å². The molecule has 1 aliphatic heterocycles. The van der Waals surface area contributed by atoms with Gasteiger partial charge < -0.3 is 5.32 Å². The van der Waals surface area contributed by atoms with Gasteiger partial charge in [-0.25, -0.2) is 8.42 Å². The van der Waals surface area contributed by atoms with Crippen molar-refractivity contribution in [2.45, 2.75) is 31.2 Å². The van der Waals surface area contributed by atoms with Crippen LogP contribution >= 0.6 is 0 Å². The molecule has 0 aromatic heterocycles.